The van der Waals surface area contributed by atoms with Gasteiger partial charge in [-0.2, -0.15) is 0 Å². The quantitative estimate of drug-likeness (QED) is 0.207. The van der Waals surface area contributed by atoms with Gasteiger partial charge in [0.2, 0.25) is 0 Å². The highest BCUT2D eigenvalue weighted by Crippen LogP contribution is 1.45. The molecule has 6 heavy (non-hydrogen) atoms. The topological polar surface area (TPSA) is 73.9 Å². The number of hydrogen-bond acceptors (Lipinski definition) is 3. The number of nitrogens with two attached hydrogens (primary N) is 1. The van der Waals surface area contributed by atoms with E-state index in [0.29, 0.717) is 0 Å². The Balaban J connectivity index is 0. The molecule has 0 fully saturated rings. The van der Waals surface area contributed by atoms with Crippen molar-refractivity contribution in [2.45, 2.75) is 0 Å². The lowest BCUT2D eigenvalue weighted by Crippen LogP contribution is -2.42. The summed E-state index contributed by atoms with van der Waals surface area (Å²) in [4.78, 5) is 0. The monoisotopic (exact) mass is 126 g/mol. The molecule has 0 heterocycles. The number of thiocarbonyl (C=S) groups is 1. The van der Waals surface area contributed by atoms with E-state index in [9.17, 15) is 0 Å². The molecule has 0 aromatic rings. The fourth-order valence-electron chi connectivity index (χ4n) is 0. The van der Waals surface area contributed by atoms with Crippen LogP contribution in [0.15, 0.2) is 0 Å². The van der Waals surface area contributed by atoms with E-state index in [-0.39, 0.29) is 4.32 Å². The third-order valence-corrected chi connectivity index (χ3v) is 0. The predicted molar refractivity (Wildman–Crippen MR) is 28.8 cm³/mol. The minimum Gasteiger partial charge on any atom is -0.415 e. The number of rotatable bonds is 0. The molecule has 0 aliphatic rings. The number of quaternary nitrogens is 1. The molecule has 0 aromatic heterocycles. The van der Waals surface area contributed by atoms with Crippen LogP contribution < -0.4 is 11.6 Å². The summed E-state index contributed by atoms with van der Waals surface area (Å²) in [5, 5.41) is 6.75. The van der Waals surface area contributed by atoms with E-state index >= 15 is 0 Å². The van der Waals surface area contributed by atoms with Crippen LogP contribution in [0.4, 0.5) is 0 Å². The van der Waals surface area contributed by atoms with Crippen LogP contribution in [0.2, 0.25) is 0 Å². The third kappa shape index (κ3) is 41100. The van der Waals surface area contributed by atoms with Crippen LogP contribution in [-0.4, -0.2) is 9.53 Å². The Kier molecular flexibility index (Phi) is 13.9. The van der Waals surface area contributed by atoms with Crippen molar-refractivity contribution >= 4 is 29.2 Å². The molecular formula is CH6N2OS2. The first kappa shape index (κ1) is 9.39. The van der Waals surface area contributed by atoms with Gasteiger partial charge < -0.3 is 30.6 Å². The molecule has 0 radical (unpaired) electrons. The van der Waals surface area contributed by atoms with Gasteiger partial charge in [-0.3, -0.25) is 0 Å². The van der Waals surface area contributed by atoms with Gasteiger partial charge in [0.25, 0.3) is 0 Å². The Morgan fingerprint density at radius 2 is 1.83 bits per heavy atom. The van der Waals surface area contributed by atoms with E-state index in [0.717, 1.165) is 0 Å². The highest BCUT2D eigenvalue weighted by Gasteiger charge is 1.35. The molecule has 0 aliphatic carbocycles. The van der Waals surface area contributed by atoms with E-state index in [1.807, 2.05) is 0 Å². The molecule has 6 N–H and O–H groups in total. The molecule has 3 nitrogen and oxygen atoms in total. The molecule has 0 unspecified atom stereocenters. The highest BCUT2D eigenvalue weighted by molar-refractivity contribution is 8.00. The van der Waals surface area contributed by atoms with Gasteiger partial charge in [-0.05, 0) is 0 Å². The van der Waals surface area contributed by atoms with E-state index in [2.05, 4.69) is 36.5 Å². The third-order valence-electron chi connectivity index (χ3n) is 0. The summed E-state index contributed by atoms with van der Waals surface area (Å²) in [6.45, 7) is 0. The Bertz CT molecular complexity index is 34.5. The van der Waals surface area contributed by atoms with Crippen molar-refractivity contribution in [1.82, 2.24) is 0 Å². The zero-order chi connectivity index (χ0) is 5.58. The van der Waals surface area contributed by atoms with Crippen molar-refractivity contribution in [2.24, 2.45) is 5.73 Å². The maximum Gasteiger partial charge on any atom is -0.0708 e. The average Bonchev–Trinajstić information content (AvgIpc) is 1.41. The van der Waals surface area contributed by atoms with Gasteiger partial charge in [0, 0.05) is 0 Å². The van der Waals surface area contributed by atoms with Crippen molar-refractivity contribution in [3.63, 3.8) is 0 Å². The summed E-state index contributed by atoms with van der Waals surface area (Å²) in [5.41, 5.74) is 4.66. The molecule has 0 saturated carbocycles. The van der Waals surface area contributed by atoms with Crippen LogP contribution in [0, 0.1) is 0 Å². The van der Waals surface area contributed by atoms with Crippen LogP contribution in [0.25, 0.3) is 0 Å². The lowest BCUT2D eigenvalue weighted by atomic mass is 11.5. The molecule has 5 heteroatoms. The lowest BCUT2D eigenvalue weighted by molar-refractivity contribution is -0.670. The van der Waals surface area contributed by atoms with Crippen molar-refractivity contribution < 1.29 is 11.1 Å². The predicted octanol–water partition coefficient (Wildman–Crippen LogP) is -1.61. The van der Waals surface area contributed by atoms with Gasteiger partial charge >= 0.3 is 0 Å². The SMILES string of the molecule is NC(=S)[S-].[NH3+]O. The second-order valence-corrected chi connectivity index (χ2v) is 1.46. The highest BCUT2D eigenvalue weighted by atomic mass is 32.1. The van der Waals surface area contributed by atoms with E-state index in [4.69, 9.17) is 5.21 Å². The zero-order valence-electron chi connectivity index (χ0n) is 3.05. The largest absolute Gasteiger partial charge is 0.415 e. The van der Waals surface area contributed by atoms with Crippen LogP contribution in [0.3, 0.4) is 0 Å². The summed E-state index contributed by atoms with van der Waals surface area (Å²) < 4.78 is 0.0833. The standard InChI is InChI=1S/CH3NS2.H4NO/c2-1(3)4;1-2/h(H3,2,3,4);2H,1H3/q;+1/p-1. The van der Waals surface area contributed by atoms with Crippen LogP contribution in [0.5, 0.6) is 0 Å². The lowest BCUT2D eigenvalue weighted by Gasteiger charge is -1.83. The molecule has 0 rings (SSSR count). The minimum atomic E-state index is 0.0833. The van der Waals surface area contributed by atoms with Gasteiger partial charge in [0.05, 0.1) is 0 Å². The van der Waals surface area contributed by atoms with Crippen molar-refractivity contribution in [1.29, 1.82) is 0 Å². The maximum absolute atomic E-state index is 6.75. The molecule has 0 atom stereocenters. The molecule has 0 aromatic carbocycles. The molecule has 0 bridgehead atoms. The normalized spacial score (nSPS) is 5.00. The molecule has 0 amide bonds. The first-order valence-electron chi connectivity index (χ1n) is 1.01. The second kappa shape index (κ2) is 8.90. The van der Waals surface area contributed by atoms with Gasteiger partial charge in [-0.25, -0.2) is 11.1 Å². The van der Waals surface area contributed by atoms with E-state index in [1.165, 1.54) is 0 Å². The Morgan fingerprint density at radius 3 is 1.83 bits per heavy atom. The van der Waals surface area contributed by atoms with Crippen molar-refractivity contribution in [3.05, 3.63) is 0 Å². The summed E-state index contributed by atoms with van der Waals surface area (Å²) >= 11 is 8.26. The first-order chi connectivity index (χ1) is 2.73. The zero-order valence-corrected chi connectivity index (χ0v) is 4.68. The van der Waals surface area contributed by atoms with Gasteiger partial charge in [-0.1, -0.05) is 4.32 Å². The Labute approximate surface area is 46.7 Å². The van der Waals surface area contributed by atoms with Gasteiger partial charge in [0.15, 0.2) is 0 Å². The second-order valence-electron chi connectivity index (χ2n) is 0.319. The maximum atomic E-state index is 6.75. The summed E-state index contributed by atoms with van der Waals surface area (Å²) in [7, 11) is 0. The van der Waals surface area contributed by atoms with Crippen LogP contribution >= 0.6 is 12.2 Å². The fraction of sp³-hybridized carbons (Fsp3) is 0. The van der Waals surface area contributed by atoms with Crippen molar-refractivity contribution in [3.8, 4) is 0 Å². The molecule has 0 saturated heterocycles. The Hall–Kier alpha value is 0.0300. The fourth-order valence-corrected chi connectivity index (χ4v) is 0. The summed E-state index contributed by atoms with van der Waals surface area (Å²) in [6.07, 6.45) is 0. The van der Waals surface area contributed by atoms with Gasteiger partial charge in [-0.15, -0.1) is 0 Å². The average molecular weight is 126 g/mol. The summed E-state index contributed by atoms with van der Waals surface area (Å²) in [5.74, 6) is 2.25. The van der Waals surface area contributed by atoms with Crippen LogP contribution in [-0.2, 0) is 12.6 Å². The van der Waals surface area contributed by atoms with Crippen LogP contribution in [0.1, 0.15) is 0 Å². The smallest absolute Gasteiger partial charge is 0.0708 e. The Morgan fingerprint density at radius 1 is 1.83 bits per heavy atom. The molecule has 0 aliphatic heterocycles. The first-order valence-corrected chi connectivity index (χ1v) is 1.83. The number of hydrogen-bond donors (Lipinski definition) is 3. The van der Waals surface area contributed by atoms with E-state index in [1.54, 1.807) is 0 Å². The molecule has 38 valence electrons. The van der Waals surface area contributed by atoms with Crippen molar-refractivity contribution in [2.75, 3.05) is 0 Å². The molecular weight excluding hydrogens is 120 g/mol. The van der Waals surface area contributed by atoms with E-state index < -0.39 is 0 Å². The molecule has 0 spiro atoms. The van der Waals surface area contributed by atoms with Gasteiger partial charge in [0.1, 0.15) is 0 Å². The minimum absolute atomic E-state index is 0.0833. The summed E-state index contributed by atoms with van der Waals surface area (Å²) in [6, 6.07) is 0.